The van der Waals surface area contributed by atoms with Gasteiger partial charge < -0.3 is 14.6 Å². The minimum absolute atomic E-state index is 0.158. The maximum absolute atomic E-state index is 5.96. The molecule has 5 heterocycles. The van der Waals surface area contributed by atoms with Gasteiger partial charge in [-0.15, -0.1) is 0 Å². The van der Waals surface area contributed by atoms with E-state index in [1.807, 2.05) is 18.2 Å². The number of nitrogens with one attached hydrogen (secondary N) is 1. The van der Waals surface area contributed by atoms with Gasteiger partial charge in [-0.3, -0.25) is 4.99 Å². The zero-order chi connectivity index (χ0) is 13.9. The maximum atomic E-state index is 5.96. The second-order valence-electron chi connectivity index (χ2n) is 6.64. The molecule has 1 unspecified atom stereocenters. The summed E-state index contributed by atoms with van der Waals surface area (Å²) in [5, 5.41) is 4.87. The fourth-order valence-corrected chi connectivity index (χ4v) is 4.27. The van der Waals surface area contributed by atoms with E-state index in [0.29, 0.717) is 0 Å². The Bertz CT molecular complexity index is 693. The monoisotopic (exact) mass is 281 g/mol. The molecule has 3 saturated heterocycles. The van der Waals surface area contributed by atoms with Gasteiger partial charge in [-0.05, 0) is 44.0 Å². The zero-order valence-corrected chi connectivity index (χ0v) is 12.0. The molecule has 1 N–H and O–H groups in total. The number of furan rings is 1. The zero-order valence-electron chi connectivity index (χ0n) is 12.0. The quantitative estimate of drug-likeness (QED) is 0.871. The van der Waals surface area contributed by atoms with Crippen LogP contribution >= 0.6 is 0 Å². The molecule has 0 amide bonds. The third-order valence-corrected chi connectivity index (χ3v) is 5.42. The summed E-state index contributed by atoms with van der Waals surface area (Å²) >= 11 is 0. The van der Waals surface area contributed by atoms with E-state index in [9.17, 15) is 0 Å². The highest BCUT2D eigenvalue weighted by Gasteiger charge is 2.49. The molecule has 0 saturated carbocycles. The molecule has 1 aromatic heterocycles. The number of hydrogen-bond acceptors (Lipinski definition) is 4. The molecule has 4 nitrogen and oxygen atoms in total. The average Bonchev–Trinajstić information content (AvgIpc) is 3.13. The third-order valence-electron chi connectivity index (χ3n) is 5.42. The summed E-state index contributed by atoms with van der Waals surface area (Å²) < 4.78 is 5.96. The number of nitrogens with zero attached hydrogens (tertiary/aromatic N) is 2. The highest BCUT2D eigenvalue weighted by atomic mass is 16.3. The minimum Gasteiger partial charge on any atom is -0.453 e. The molecule has 108 valence electrons. The Kier molecular flexibility index (Phi) is 2.31. The number of hydrogen-bond donors (Lipinski definition) is 1. The number of fused-ring (bicyclic) bond motifs is 3. The van der Waals surface area contributed by atoms with Crippen LogP contribution in [0.4, 0.5) is 0 Å². The first-order chi connectivity index (χ1) is 10.3. The Hall–Kier alpha value is -1.81. The average molecular weight is 281 g/mol. The lowest BCUT2D eigenvalue weighted by molar-refractivity contribution is 0.0270. The predicted octanol–water partition coefficient (Wildman–Crippen LogP) is 2.25. The molecular weight excluding hydrogens is 262 g/mol. The molecule has 21 heavy (non-hydrogen) atoms. The van der Waals surface area contributed by atoms with E-state index in [1.165, 1.54) is 25.9 Å². The van der Waals surface area contributed by atoms with Crippen LogP contribution in [0.25, 0.3) is 11.0 Å². The lowest BCUT2D eigenvalue weighted by atomic mass is 9.73. The Labute approximate surface area is 123 Å². The normalized spacial score (nSPS) is 34.4. The van der Waals surface area contributed by atoms with Gasteiger partial charge in [0.25, 0.3) is 0 Å². The summed E-state index contributed by atoms with van der Waals surface area (Å²) in [5.74, 6) is 2.58. The highest BCUT2D eigenvalue weighted by Crippen LogP contribution is 2.38. The van der Waals surface area contributed by atoms with Gasteiger partial charge in [0.05, 0.1) is 12.1 Å². The molecule has 1 atom stereocenters. The molecule has 3 fully saturated rings. The summed E-state index contributed by atoms with van der Waals surface area (Å²) in [6.45, 7) is 4.54. The molecule has 4 aliphatic rings. The van der Waals surface area contributed by atoms with Crippen LogP contribution in [-0.2, 0) is 0 Å². The van der Waals surface area contributed by atoms with Crippen molar-refractivity contribution in [1.29, 1.82) is 0 Å². The van der Waals surface area contributed by atoms with Crippen molar-refractivity contribution in [1.82, 2.24) is 10.2 Å². The number of rotatable bonds is 1. The molecule has 6 rings (SSSR count). The number of para-hydroxylation sites is 1. The summed E-state index contributed by atoms with van der Waals surface area (Å²) in [7, 11) is 0. The first-order valence-corrected chi connectivity index (χ1v) is 7.86. The van der Waals surface area contributed by atoms with E-state index in [0.717, 1.165) is 41.6 Å². The molecule has 4 heteroatoms. The van der Waals surface area contributed by atoms with E-state index in [-0.39, 0.29) is 5.54 Å². The van der Waals surface area contributed by atoms with Gasteiger partial charge in [-0.2, -0.15) is 0 Å². The van der Waals surface area contributed by atoms with Crippen molar-refractivity contribution < 1.29 is 4.42 Å². The topological polar surface area (TPSA) is 40.8 Å². The van der Waals surface area contributed by atoms with E-state index >= 15 is 0 Å². The summed E-state index contributed by atoms with van der Waals surface area (Å²) in [6.07, 6.45) is 2.60. The van der Waals surface area contributed by atoms with E-state index < -0.39 is 0 Å². The first-order valence-electron chi connectivity index (χ1n) is 7.86. The van der Waals surface area contributed by atoms with Crippen molar-refractivity contribution >= 4 is 16.8 Å². The summed E-state index contributed by atoms with van der Waals surface area (Å²) in [4.78, 5) is 7.36. The van der Waals surface area contributed by atoms with Gasteiger partial charge in [0.2, 0.25) is 0 Å². The van der Waals surface area contributed by atoms with Crippen molar-refractivity contribution in [3.05, 3.63) is 36.1 Å². The van der Waals surface area contributed by atoms with E-state index in [2.05, 4.69) is 22.3 Å². The van der Waals surface area contributed by atoms with E-state index in [1.54, 1.807) is 0 Å². The Morgan fingerprint density at radius 2 is 2.10 bits per heavy atom. The number of benzene rings is 1. The van der Waals surface area contributed by atoms with Crippen molar-refractivity contribution in [2.24, 2.45) is 10.9 Å². The van der Waals surface area contributed by atoms with Crippen LogP contribution in [0.1, 0.15) is 18.6 Å². The molecule has 2 bridgehead atoms. The molecule has 2 aromatic rings. The van der Waals surface area contributed by atoms with Crippen molar-refractivity contribution in [2.45, 2.75) is 18.4 Å². The fraction of sp³-hybridized carbons (Fsp3) is 0.471. The number of piperidine rings is 3. The molecule has 1 aromatic carbocycles. The van der Waals surface area contributed by atoms with Crippen LogP contribution in [0.15, 0.2) is 39.7 Å². The standard InChI is InChI=1S/C17H19N3O/c1-2-4-14-12(3-1)9-15(21-14)16-18-10-17(19-16)11-20-7-5-13(17)6-8-20/h1-4,9,13H,5-8,10-11H2,(H,18,19). The maximum Gasteiger partial charge on any atom is 0.170 e. The largest absolute Gasteiger partial charge is 0.453 e. The van der Waals surface area contributed by atoms with Crippen LogP contribution in [0.3, 0.4) is 0 Å². The van der Waals surface area contributed by atoms with Gasteiger partial charge in [-0.25, -0.2) is 0 Å². The van der Waals surface area contributed by atoms with Crippen LogP contribution < -0.4 is 5.32 Å². The lowest BCUT2D eigenvalue weighted by Crippen LogP contribution is -2.66. The number of aliphatic imine (C=N–C) groups is 1. The van der Waals surface area contributed by atoms with Crippen molar-refractivity contribution in [3.63, 3.8) is 0 Å². The first kappa shape index (κ1) is 11.8. The SMILES string of the molecule is c1ccc2oc(C3=NCC4(CN5CCC4CC5)N3)cc2c1. The Morgan fingerprint density at radius 3 is 2.86 bits per heavy atom. The molecular formula is C17H19N3O. The Balaban J connectivity index is 1.47. The molecule has 0 radical (unpaired) electrons. The third kappa shape index (κ3) is 1.69. The van der Waals surface area contributed by atoms with Gasteiger partial charge in [0.15, 0.2) is 11.6 Å². The van der Waals surface area contributed by atoms with Gasteiger partial charge >= 0.3 is 0 Å². The molecule has 4 aliphatic heterocycles. The molecule has 0 aliphatic carbocycles. The van der Waals surface area contributed by atoms with Crippen LogP contribution in [0.2, 0.25) is 0 Å². The smallest absolute Gasteiger partial charge is 0.170 e. The second kappa shape index (κ2) is 4.10. The van der Waals surface area contributed by atoms with Gasteiger partial charge in [0.1, 0.15) is 5.58 Å². The minimum atomic E-state index is 0.158. The highest BCUT2D eigenvalue weighted by molar-refractivity contribution is 6.01. The van der Waals surface area contributed by atoms with E-state index in [4.69, 9.17) is 9.41 Å². The van der Waals surface area contributed by atoms with Crippen molar-refractivity contribution in [3.8, 4) is 0 Å². The van der Waals surface area contributed by atoms with Crippen molar-refractivity contribution in [2.75, 3.05) is 26.2 Å². The van der Waals surface area contributed by atoms with Gasteiger partial charge in [0, 0.05) is 11.9 Å². The summed E-state index contributed by atoms with van der Waals surface area (Å²) in [6, 6.07) is 10.2. The van der Waals surface area contributed by atoms with Crippen LogP contribution in [0, 0.1) is 5.92 Å². The fourth-order valence-electron chi connectivity index (χ4n) is 4.27. The second-order valence-corrected chi connectivity index (χ2v) is 6.64. The van der Waals surface area contributed by atoms with Gasteiger partial charge in [-0.1, -0.05) is 18.2 Å². The van der Waals surface area contributed by atoms with Crippen LogP contribution in [0.5, 0.6) is 0 Å². The van der Waals surface area contributed by atoms with Crippen LogP contribution in [-0.4, -0.2) is 42.5 Å². The lowest BCUT2D eigenvalue weighted by Gasteiger charge is -2.51. The number of amidine groups is 1. The molecule has 1 spiro atoms. The Morgan fingerprint density at radius 1 is 1.24 bits per heavy atom. The summed E-state index contributed by atoms with van der Waals surface area (Å²) in [5.41, 5.74) is 1.09. The predicted molar refractivity (Wildman–Crippen MR) is 82.6 cm³/mol.